The molecule has 0 bridgehead atoms. The van der Waals surface area contributed by atoms with Crippen LogP contribution >= 0.6 is 0 Å². The van der Waals surface area contributed by atoms with Crippen LogP contribution < -0.4 is 20.9 Å². The van der Waals surface area contributed by atoms with Gasteiger partial charge in [0.25, 0.3) is 5.91 Å². The number of halogens is 3. The summed E-state index contributed by atoms with van der Waals surface area (Å²) < 4.78 is 45.4. The molecule has 0 aromatic heterocycles. The van der Waals surface area contributed by atoms with Crippen LogP contribution in [0.1, 0.15) is 24.1 Å². The number of hydrogen-bond acceptors (Lipinski definition) is 4. The SMILES string of the molecule is CC1=C(C(=O)Nc2ccccc2C(F)(F)F)C(c2ccc(N3CCOCC3)cc2)NC(=O)N1. The zero-order valence-electron chi connectivity index (χ0n) is 17.8. The molecule has 2 aromatic carbocycles. The van der Waals surface area contributed by atoms with Crippen molar-refractivity contribution in [1.82, 2.24) is 10.6 Å². The maximum Gasteiger partial charge on any atom is 0.418 e. The Kier molecular flexibility index (Phi) is 6.28. The van der Waals surface area contributed by atoms with Crippen LogP contribution in [0.2, 0.25) is 0 Å². The number of anilines is 2. The van der Waals surface area contributed by atoms with Gasteiger partial charge < -0.3 is 25.6 Å². The minimum Gasteiger partial charge on any atom is -0.378 e. The predicted molar refractivity (Wildman–Crippen MR) is 117 cm³/mol. The van der Waals surface area contributed by atoms with Crippen molar-refractivity contribution in [2.24, 2.45) is 0 Å². The first-order valence-corrected chi connectivity index (χ1v) is 10.4. The van der Waals surface area contributed by atoms with E-state index in [1.807, 2.05) is 12.1 Å². The number of ether oxygens (including phenoxy) is 1. The summed E-state index contributed by atoms with van der Waals surface area (Å²) in [7, 11) is 0. The van der Waals surface area contributed by atoms with Gasteiger partial charge in [0.05, 0.1) is 36.1 Å². The normalized spacial score (nSPS) is 19.1. The molecule has 174 valence electrons. The lowest BCUT2D eigenvalue weighted by molar-refractivity contribution is -0.137. The lowest BCUT2D eigenvalue weighted by Gasteiger charge is -2.31. The third kappa shape index (κ3) is 4.95. The molecule has 2 aliphatic rings. The van der Waals surface area contributed by atoms with Crippen LogP contribution in [-0.4, -0.2) is 38.2 Å². The fourth-order valence-corrected chi connectivity index (χ4v) is 3.97. The maximum absolute atomic E-state index is 13.4. The van der Waals surface area contributed by atoms with Gasteiger partial charge >= 0.3 is 12.2 Å². The quantitative estimate of drug-likeness (QED) is 0.648. The Hall–Kier alpha value is -3.53. The van der Waals surface area contributed by atoms with Crippen LogP contribution in [-0.2, 0) is 15.7 Å². The van der Waals surface area contributed by atoms with Crippen molar-refractivity contribution in [3.05, 3.63) is 70.9 Å². The minimum absolute atomic E-state index is 0.130. The highest BCUT2D eigenvalue weighted by molar-refractivity contribution is 6.07. The van der Waals surface area contributed by atoms with Gasteiger partial charge in [0.2, 0.25) is 0 Å². The molecule has 7 nitrogen and oxygen atoms in total. The second-order valence-electron chi connectivity index (χ2n) is 7.76. The number of carbonyl (C=O) groups excluding carboxylic acids is 2. The van der Waals surface area contributed by atoms with Crippen molar-refractivity contribution < 1.29 is 27.5 Å². The summed E-state index contributed by atoms with van der Waals surface area (Å²) in [6.07, 6.45) is -4.62. The van der Waals surface area contributed by atoms with Crippen molar-refractivity contribution >= 4 is 23.3 Å². The van der Waals surface area contributed by atoms with Crippen LogP contribution in [0.15, 0.2) is 59.8 Å². The second kappa shape index (κ2) is 9.14. The Morgan fingerprint density at radius 2 is 1.76 bits per heavy atom. The Bertz CT molecular complexity index is 1080. The number of alkyl halides is 3. The smallest absolute Gasteiger partial charge is 0.378 e. The number of nitrogens with zero attached hydrogens (tertiary/aromatic N) is 1. The van der Waals surface area contributed by atoms with Crippen LogP contribution in [0.3, 0.4) is 0 Å². The van der Waals surface area contributed by atoms with E-state index in [1.54, 1.807) is 19.1 Å². The van der Waals surface area contributed by atoms with E-state index in [0.717, 1.165) is 24.8 Å². The summed E-state index contributed by atoms with van der Waals surface area (Å²) in [4.78, 5) is 27.4. The van der Waals surface area contributed by atoms with Crippen LogP contribution in [0.4, 0.5) is 29.3 Å². The van der Waals surface area contributed by atoms with Gasteiger partial charge in [0.15, 0.2) is 0 Å². The lowest BCUT2D eigenvalue weighted by Crippen LogP contribution is -2.46. The molecular formula is C23H23F3N4O3. The molecule has 10 heteroatoms. The van der Waals surface area contributed by atoms with Crippen LogP contribution in [0, 0.1) is 0 Å². The van der Waals surface area contributed by atoms with Gasteiger partial charge in [-0.2, -0.15) is 13.2 Å². The number of nitrogens with one attached hydrogen (secondary N) is 3. The summed E-state index contributed by atoms with van der Waals surface area (Å²) >= 11 is 0. The van der Waals surface area contributed by atoms with Crippen molar-refractivity contribution in [1.29, 1.82) is 0 Å². The lowest BCUT2D eigenvalue weighted by atomic mass is 9.94. The number of urea groups is 1. The molecule has 1 fully saturated rings. The summed E-state index contributed by atoms with van der Waals surface area (Å²) in [6, 6.07) is 10.8. The molecule has 0 spiro atoms. The molecule has 0 aliphatic carbocycles. The molecule has 1 saturated heterocycles. The molecule has 1 unspecified atom stereocenters. The molecule has 2 aromatic rings. The van der Waals surface area contributed by atoms with Gasteiger partial charge in [0, 0.05) is 24.5 Å². The maximum atomic E-state index is 13.4. The molecular weight excluding hydrogens is 437 g/mol. The summed E-state index contributed by atoms with van der Waals surface area (Å²) in [6.45, 7) is 4.33. The number of benzene rings is 2. The van der Waals surface area contributed by atoms with Gasteiger partial charge in [-0.15, -0.1) is 0 Å². The zero-order valence-corrected chi connectivity index (χ0v) is 17.8. The number of morpholine rings is 1. The molecule has 1 atom stereocenters. The summed E-state index contributed by atoms with van der Waals surface area (Å²) in [5.41, 5.74) is 0.710. The third-order valence-corrected chi connectivity index (χ3v) is 5.60. The van der Waals surface area contributed by atoms with Gasteiger partial charge in [-0.05, 0) is 36.8 Å². The van der Waals surface area contributed by atoms with Crippen LogP contribution in [0.5, 0.6) is 0 Å². The van der Waals surface area contributed by atoms with Gasteiger partial charge in [0.1, 0.15) is 0 Å². The monoisotopic (exact) mass is 460 g/mol. The van der Waals surface area contributed by atoms with E-state index in [1.165, 1.54) is 18.2 Å². The first-order chi connectivity index (χ1) is 15.7. The number of rotatable bonds is 4. The van der Waals surface area contributed by atoms with E-state index in [-0.39, 0.29) is 17.0 Å². The van der Waals surface area contributed by atoms with Crippen molar-refractivity contribution in [2.45, 2.75) is 19.1 Å². The average molecular weight is 460 g/mol. The molecule has 4 rings (SSSR count). The molecule has 3 N–H and O–H groups in total. The molecule has 3 amide bonds. The van der Waals surface area contributed by atoms with Crippen molar-refractivity contribution in [3.63, 3.8) is 0 Å². The van der Waals surface area contributed by atoms with Crippen LogP contribution in [0.25, 0.3) is 0 Å². The molecule has 2 aliphatic heterocycles. The number of hydrogen-bond donors (Lipinski definition) is 3. The number of carbonyl (C=O) groups is 2. The van der Waals surface area contributed by atoms with E-state index < -0.39 is 29.7 Å². The standard InChI is InChI=1S/C23H23F3N4O3/c1-14-19(21(31)28-18-5-3-2-4-17(18)23(24,25)26)20(29-22(32)27-14)15-6-8-16(9-7-15)30-10-12-33-13-11-30/h2-9,20H,10-13H2,1H3,(H,28,31)(H2,27,29,32). The highest BCUT2D eigenvalue weighted by Crippen LogP contribution is 2.36. The molecule has 2 heterocycles. The number of para-hydroxylation sites is 1. The second-order valence-corrected chi connectivity index (χ2v) is 7.76. The van der Waals surface area contributed by atoms with E-state index in [0.29, 0.717) is 18.8 Å². The Morgan fingerprint density at radius 1 is 1.09 bits per heavy atom. The van der Waals surface area contributed by atoms with Gasteiger partial charge in [-0.25, -0.2) is 4.79 Å². The Balaban J connectivity index is 1.62. The molecule has 0 saturated carbocycles. The van der Waals surface area contributed by atoms with E-state index in [4.69, 9.17) is 4.74 Å². The van der Waals surface area contributed by atoms with Gasteiger partial charge in [-0.3, -0.25) is 4.79 Å². The zero-order chi connectivity index (χ0) is 23.6. The topological polar surface area (TPSA) is 82.7 Å². The van der Waals surface area contributed by atoms with E-state index in [9.17, 15) is 22.8 Å². The summed E-state index contributed by atoms with van der Waals surface area (Å²) in [5, 5.41) is 7.59. The highest BCUT2D eigenvalue weighted by Gasteiger charge is 2.35. The van der Waals surface area contributed by atoms with E-state index in [2.05, 4.69) is 20.9 Å². The number of allylic oxidation sites excluding steroid dienone is 1. The van der Waals surface area contributed by atoms with E-state index >= 15 is 0 Å². The fourth-order valence-electron chi connectivity index (χ4n) is 3.97. The third-order valence-electron chi connectivity index (χ3n) is 5.60. The first-order valence-electron chi connectivity index (χ1n) is 10.4. The predicted octanol–water partition coefficient (Wildman–Crippen LogP) is 3.81. The van der Waals surface area contributed by atoms with Gasteiger partial charge in [-0.1, -0.05) is 24.3 Å². The molecule has 33 heavy (non-hydrogen) atoms. The fraction of sp³-hybridized carbons (Fsp3) is 0.304. The minimum atomic E-state index is -4.62. The largest absolute Gasteiger partial charge is 0.418 e. The van der Waals surface area contributed by atoms with Crippen molar-refractivity contribution in [2.75, 3.05) is 36.5 Å². The average Bonchev–Trinajstić information content (AvgIpc) is 2.79. The highest BCUT2D eigenvalue weighted by atomic mass is 19.4. The first kappa shape index (κ1) is 22.7. The Labute approximate surface area is 188 Å². The molecule has 0 radical (unpaired) electrons. The Morgan fingerprint density at radius 3 is 2.42 bits per heavy atom. The van der Waals surface area contributed by atoms with Crippen molar-refractivity contribution in [3.8, 4) is 0 Å². The summed E-state index contributed by atoms with van der Waals surface area (Å²) in [5.74, 6) is -0.737. The number of amides is 3.